The zero-order chi connectivity index (χ0) is 69.1. The molecule has 2 amide bonds. The number of hydrogen-bond donors (Lipinski definition) is 0. The Bertz CT molecular complexity index is 4200. The SMILES string of the molecule is CN1C(=O)c2ccccc2C1(C)C.CN1C(C)(C)c2ccccc2S1(=O)=O.CN1Cc2ccccc2C(C)(C)C1=O.CN1Cc2ccccc2C1(C)C.CN1S(=O)c2ccccc2C1(C)C.CN1c2ccccc2C(C)(C)S1(=O)=O.CN1c2ccccc2C(C)(C)S1=O. The highest BCUT2D eigenvalue weighted by Gasteiger charge is 2.49. The van der Waals surface area contributed by atoms with Gasteiger partial charge in [-0.1, -0.05) is 140 Å². The van der Waals surface area contributed by atoms with Gasteiger partial charge in [0.2, 0.25) is 26.0 Å². The summed E-state index contributed by atoms with van der Waals surface area (Å²) in [5.41, 5.74) is 12.5. The summed E-state index contributed by atoms with van der Waals surface area (Å²) < 4.78 is 77.1. The molecular weight excluding hydrogens is 1240 g/mol. The summed E-state index contributed by atoms with van der Waals surface area (Å²) in [5.74, 6) is 0.330. The van der Waals surface area contributed by atoms with Crippen LogP contribution in [0.3, 0.4) is 0 Å². The summed E-state index contributed by atoms with van der Waals surface area (Å²) in [6, 6.07) is 55.2. The molecule has 0 saturated carbocycles. The minimum Gasteiger partial charge on any atom is -0.341 e. The normalized spacial score (nSPS) is 22.2. The zero-order valence-corrected chi connectivity index (χ0v) is 61.4. The van der Waals surface area contributed by atoms with Crippen molar-refractivity contribution in [3.8, 4) is 0 Å². The van der Waals surface area contributed by atoms with Crippen molar-refractivity contribution in [1.29, 1.82) is 0 Å². The molecule has 498 valence electrons. The van der Waals surface area contributed by atoms with E-state index < -0.39 is 52.3 Å². The number of carbonyl (C=O) groups excluding carboxylic acids is 2. The van der Waals surface area contributed by atoms with E-state index in [1.54, 1.807) is 49.9 Å². The number of para-hydroxylation sites is 2. The monoisotopic (exact) mass is 1340 g/mol. The Balaban J connectivity index is 0.000000139. The van der Waals surface area contributed by atoms with Gasteiger partial charge in [-0.2, -0.15) is 4.31 Å². The molecule has 0 N–H and O–H groups in total. The van der Waals surface area contributed by atoms with Gasteiger partial charge in [0, 0.05) is 66.5 Å². The first kappa shape index (κ1) is 72.0. The third-order valence-corrected chi connectivity index (χ3v) is 28.2. The van der Waals surface area contributed by atoms with E-state index in [2.05, 4.69) is 102 Å². The van der Waals surface area contributed by atoms with E-state index in [0.29, 0.717) is 4.90 Å². The van der Waals surface area contributed by atoms with Crippen molar-refractivity contribution in [2.45, 2.75) is 157 Å². The van der Waals surface area contributed by atoms with Crippen molar-refractivity contribution in [3.05, 3.63) is 225 Å². The lowest BCUT2D eigenvalue weighted by Gasteiger charge is -2.36. The maximum absolute atomic E-state index is 12.0. The van der Waals surface area contributed by atoms with Crippen LogP contribution in [0.2, 0.25) is 0 Å². The second kappa shape index (κ2) is 26.1. The van der Waals surface area contributed by atoms with Gasteiger partial charge in [0.05, 0.1) is 47.9 Å². The van der Waals surface area contributed by atoms with E-state index in [9.17, 15) is 34.8 Å². The third kappa shape index (κ3) is 12.7. The second-order valence-corrected chi connectivity index (χ2v) is 36.1. The van der Waals surface area contributed by atoms with E-state index in [0.717, 1.165) is 51.6 Å². The fourth-order valence-corrected chi connectivity index (χ4v) is 19.3. The van der Waals surface area contributed by atoms with E-state index >= 15 is 0 Å². The highest BCUT2D eigenvalue weighted by molar-refractivity contribution is 7.94. The van der Waals surface area contributed by atoms with E-state index in [4.69, 9.17) is 0 Å². The molecule has 0 aromatic heterocycles. The molecule has 0 bridgehead atoms. The molecule has 7 aliphatic heterocycles. The summed E-state index contributed by atoms with van der Waals surface area (Å²) in [6.45, 7) is 30.0. The second-order valence-electron chi connectivity index (χ2n) is 28.1. The van der Waals surface area contributed by atoms with Crippen LogP contribution in [0.4, 0.5) is 11.4 Å². The number of carbonyl (C=O) groups is 2. The van der Waals surface area contributed by atoms with Crippen LogP contribution in [-0.2, 0) is 97.0 Å². The van der Waals surface area contributed by atoms with Gasteiger partial charge in [-0.3, -0.25) is 23.1 Å². The predicted molar refractivity (Wildman–Crippen MR) is 379 cm³/mol. The van der Waals surface area contributed by atoms with Crippen LogP contribution in [-0.4, -0.2) is 110 Å². The summed E-state index contributed by atoms with van der Waals surface area (Å²) in [6.07, 6.45) is 0. The molecule has 7 aliphatic rings. The number of sulfonamides is 2. The number of fused-ring (bicyclic) bond motifs is 7. The molecule has 0 saturated heterocycles. The standard InChI is InChI=1S/C12H15NO.C11H13NO.C11H15N.2C10H13NO2S.2C10H13NOS/c1-12(2)10-7-5-4-6-9(10)8-13(3)11(12)14;1-11(2)9-7-5-4-6-8(9)10(13)12(11)3;1-11(2)10-7-5-4-6-9(10)8-12(11)3;1-10(2)8-6-4-5-7-9(8)14(12,13)11(10)3;1-10(2)8-6-4-5-7-9(8)11(3)14(10,12)13;1-10(2)8-6-4-5-7-9(8)13(12)11(10)3;1-10(2)8-6-4-5-7-9(8)11(3)13(10)12/h4-7H,8H2,1-3H3;4-7H,1-3H3;4-7H,8H2,1-3H3;2*4-7H,1-3H3;2*4-7H,1-3H3. The Hall–Kier alpha value is -6.84. The molecule has 15 nitrogen and oxygen atoms in total. The van der Waals surface area contributed by atoms with Crippen LogP contribution in [0.25, 0.3) is 0 Å². The van der Waals surface area contributed by atoms with Gasteiger partial charge in [-0.15, -0.1) is 0 Å². The molecule has 0 radical (unpaired) electrons. The molecule has 7 heterocycles. The number of anilines is 2. The lowest BCUT2D eigenvalue weighted by atomic mass is 9.78. The summed E-state index contributed by atoms with van der Waals surface area (Å²) in [4.78, 5) is 31.0. The van der Waals surface area contributed by atoms with Gasteiger partial charge in [-0.05, 0) is 184 Å². The van der Waals surface area contributed by atoms with Crippen molar-refractivity contribution >= 4 is 65.2 Å². The molecule has 14 rings (SSSR count). The van der Waals surface area contributed by atoms with Crippen LogP contribution in [0.5, 0.6) is 0 Å². The molecule has 0 fully saturated rings. The summed E-state index contributed by atoms with van der Waals surface area (Å²) in [5, 5.41) is 0. The van der Waals surface area contributed by atoms with Crippen LogP contribution in [0.15, 0.2) is 180 Å². The van der Waals surface area contributed by atoms with Crippen LogP contribution >= 0.6 is 0 Å². The maximum Gasteiger partial charge on any atom is 0.254 e. The smallest absolute Gasteiger partial charge is 0.254 e. The first-order chi connectivity index (χ1) is 43.1. The van der Waals surface area contributed by atoms with Crippen molar-refractivity contribution in [2.75, 3.05) is 57.9 Å². The molecule has 7 aromatic carbocycles. The Morgan fingerprint density at radius 2 is 0.882 bits per heavy atom. The van der Waals surface area contributed by atoms with Crippen molar-refractivity contribution in [1.82, 2.24) is 23.3 Å². The number of likely N-dealkylation sites (N-methyl/N-ethyl adjacent to an activating group) is 1. The molecule has 0 spiro atoms. The molecule has 0 aliphatic carbocycles. The number of nitrogens with zero attached hydrogens (tertiary/aromatic N) is 7. The fourth-order valence-electron chi connectivity index (χ4n) is 13.0. The quantitative estimate of drug-likeness (QED) is 0.144. The van der Waals surface area contributed by atoms with Gasteiger partial charge in [0.15, 0.2) is 0 Å². The maximum atomic E-state index is 12.0. The lowest BCUT2D eigenvalue weighted by molar-refractivity contribution is -0.136. The van der Waals surface area contributed by atoms with Crippen molar-refractivity contribution in [3.63, 3.8) is 0 Å². The largest absolute Gasteiger partial charge is 0.341 e. The Morgan fingerprint density at radius 3 is 1.41 bits per heavy atom. The fraction of sp³-hybridized carbons (Fsp3) is 0.405. The lowest BCUT2D eigenvalue weighted by Crippen LogP contribution is -2.45. The molecule has 2 unspecified atom stereocenters. The van der Waals surface area contributed by atoms with Gasteiger partial charge in [0.25, 0.3) is 5.91 Å². The summed E-state index contributed by atoms with van der Waals surface area (Å²) in [7, 11) is 4.48. The minimum atomic E-state index is -3.26. The number of amides is 2. The molecule has 7 aromatic rings. The Kier molecular flexibility index (Phi) is 20.2. The van der Waals surface area contributed by atoms with Crippen LogP contribution in [0.1, 0.15) is 157 Å². The van der Waals surface area contributed by atoms with Crippen molar-refractivity contribution in [2.24, 2.45) is 0 Å². The summed E-state index contributed by atoms with van der Waals surface area (Å²) >= 11 is 0. The first-order valence-electron chi connectivity index (χ1n) is 31.3. The number of benzene rings is 7. The van der Waals surface area contributed by atoms with Gasteiger partial charge < -0.3 is 9.80 Å². The van der Waals surface area contributed by atoms with Crippen molar-refractivity contribution < 1.29 is 34.8 Å². The van der Waals surface area contributed by atoms with Crippen LogP contribution < -0.4 is 8.61 Å². The number of hydrogen-bond acceptors (Lipinski definition) is 9. The molecule has 19 heteroatoms. The Morgan fingerprint density at radius 1 is 0.430 bits per heavy atom. The van der Waals surface area contributed by atoms with Gasteiger partial charge in [0.1, 0.15) is 26.7 Å². The average Bonchev–Trinajstić information content (AvgIpc) is 1.63. The van der Waals surface area contributed by atoms with E-state index in [1.165, 1.54) is 42.0 Å². The van der Waals surface area contributed by atoms with Crippen LogP contribution in [0, 0.1) is 0 Å². The zero-order valence-electron chi connectivity index (χ0n) is 58.1. The third-order valence-electron chi connectivity index (χ3n) is 20.2. The minimum absolute atomic E-state index is 0.110. The highest BCUT2D eigenvalue weighted by atomic mass is 32.2. The predicted octanol–water partition coefficient (Wildman–Crippen LogP) is 13.5. The van der Waals surface area contributed by atoms with Gasteiger partial charge in [-0.25, -0.2) is 29.6 Å². The average molecular weight is 1340 g/mol. The van der Waals surface area contributed by atoms with E-state index in [1.807, 2.05) is 188 Å². The molecule has 2 atom stereocenters. The first-order valence-corrected chi connectivity index (χ1v) is 36.3. The van der Waals surface area contributed by atoms with Gasteiger partial charge >= 0.3 is 0 Å². The van der Waals surface area contributed by atoms with E-state index in [-0.39, 0.29) is 38.6 Å². The molecular formula is C74H95N7O8S4. The number of rotatable bonds is 0. The molecule has 93 heavy (non-hydrogen) atoms. The topological polar surface area (TPSA) is 159 Å². The highest BCUT2D eigenvalue weighted by Crippen LogP contribution is 2.47. The Labute approximate surface area is 560 Å².